The van der Waals surface area contributed by atoms with Crippen LogP contribution in [0.25, 0.3) is 16.4 Å². The molecule has 2 amide bonds. The first kappa shape index (κ1) is 30.1. The molecule has 1 atom stereocenters. The van der Waals surface area contributed by atoms with Crippen LogP contribution in [0.5, 0.6) is 11.5 Å². The summed E-state index contributed by atoms with van der Waals surface area (Å²) in [6.07, 6.45) is 2.42. The number of amides is 2. The van der Waals surface area contributed by atoms with Crippen molar-refractivity contribution in [2.24, 2.45) is 0 Å². The number of anilines is 2. The smallest absolute Gasteiger partial charge is 0.337 e. The van der Waals surface area contributed by atoms with E-state index >= 15 is 0 Å². The summed E-state index contributed by atoms with van der Waals surface area (Å²) in [6.45, 7) is 3.63. The van der Waals surface area contributed by atoms with E-state index in [2.05, 4.69) is 30.9 Å². The van der Waals surface area contributed by atoms with Crippen molar-refractivity contribution in [3.63, 3.8) is 0 Å². The highest BCUT2D eigenvalue weighted by Gasteiger charge is 2.27. The first-order valence-corrected chi connectivity index (χ1v) is 14.1. The number of benzene rings is 1. The third-order valence-electron chi connectivity index (χ3n) is 5.91. The molecule has 15 heteroatoms. The number of nitrogens with one attached hydrogen (secondary N) is 2. The van der Waals surface area contributed by atoms with Crippen LogP contribution in [0.4, 0.5) is 10.9 Å². The second kappa shape index (κ2) is 13.7. The molecule has 0 unspecified atom stereocenters. The van der Waals surface area contributed by atoms with Gasteiger partial charge in [0.05, 0.1) is 32.1 Å². The highest BCUT2D eigenvalue weighted by Crippen LogP contribution is 2.37. The number of aromatic nitrogens is 5. The number of pyridine rings is 1. The number of ether oxygens (including phenoxy) is 3. The molecule has 4 aromatic heterocycles. The molecule has 0 aliphatic heterocycles. The standard InChI is InChI=1S/C29H27N7O7S/c1-17(15-41-16-19-8-5-4-6-9-19)42-25-20(24-21(40-3)10-7-12-30-24)14-23(38)43-26(25)27(39)33-28-34-35-29(44-28)36-22(11-13-31-36)32-18(2)37/h4-14,17H,15-16H2,1-3H3,(H,32,37)(H,33,34,39)/t17-/m0/s1. The predicted molar refractivity (Wildman–Crippen MR) is 160 cm³/mol. The van der Waals surface area contributed by atoms with E-state index in [4.69, 9.17) is 18.6 Å². The number of nitrogens with zero attached hydrogens (tertiary/aromatic N) is 5. The summed E-state index contributed by atoms with van der Waals surface area (Å²) >= 11 is 0.977. The van der Waals surface area contributed by atoms with Crippen molar-refractivity contribution < 1.29 is 28.2 Å². The van der Waals surface area contributed by atoms with Crippen LogP contribution in [0, 0.1) is 0 Å². The number of methoxy groups -OCH3 is 1. The van der Waals surface area contributed by atoms with Crippen LogP contribution in [0.15, 0.2) is 76.2 Å². The van der Waals surface area contributed by atoms with E-state index in [1.54, 1.807) is 25.1 Å². The van der Waals surface area contributed by atoms with Gasteiger partial charge in [-0.25, -0.2) is 4.79 Å². The highest BCUT2D eigenvalue weighted by molar-refractivity contribution is 7.17. The fraction of sp³-hybridized carbons (Fsp3) is 0.207. The van der Waals surface area contributed by atoms with Crippen molar-refractivity contribution in [1.29, 1.82) is 0 Å². The van der Waals surface area contributed by atoms with Crippen LogP contribution >= 0.6 is 11.3 Å². The normalized spacial score (nSPS) is 11.5. The minimum atomic E-state index is -0.823. The number of carbonyl (C=O) groups excluding carboxylic acids is 2. The maximum atomic E-state index is 13.6. The van der Waals surface area contributed by atoms with Crippen molar-refractivity contribution in [2.75, 3.05) is 24.4 Å². The lowest BCUT2D eigenvalue weighted by Crippen LogP contribution is -2.23. The molecular formula is C29H27N7O7S. The fourth-order valence-corrected chi connectivity index (χ4v) is 4.78. The summed E-state index contributed by atoms with van der Waals surface area (Å²) < 4.78 is 24.2. The number of rotatable bonds is 12. The van der Waals surface area contributed by atoms with Crippen molar-refractivity contribution >= 4 is 34.1 Å². The number of carbonyl (C=O) groups is 2. The molecule has 0 aliphatic rings. The van der Waals surface area contributed by atoms with Gasteiger partial charge in [0.1, 0.15) is 23.4 Å². The van der Waals surface area contributed by atoms with Gasteiger partial charge in [-0.2, -0.15) is 9.78 Å². The van der Waals surface area contributed by atoms with Gasteiger partial charge in [-0.3, -0.25) is 19.9 Å². The highest BCUT2D eigenvalue weighted by atomic mass is 32.1. The van der Waals surface area contributed by atoms with Crippen molar-refractivity contribution in [3.8, 4) is 27.9 Å². The second-order valence-corrected chi connectivity index (χ2v) is 10.2. The van der Waals surface area contributed by atoms with E-state index in [9.17, 15) is 14.4 Å². The Bertz CT molecular complexity index is 1820. The van der Waals surface area contributed by atoms with E-state index in [-0.39, 0.29) is 39.8 Å². The lowest BCUT2D eigenvalue weighted by molar-refractivity contribution is -0.114. The van der Waals surface area contributed by atoms with Crippen LogP contribution in [0.3, 0.4) is 0 Å². The van der Waals surface area contributed by atoms with Gasteiger partial charge in [-0.1, -0.05) is 41.7 Å². The maximum Gasteiger partial charge on any atom is 0.337 e. The molecule has 44 heavy (non-hydrogen) atoms. The summed E-state index contributed by atoms with van der Waals surface area (Å²) in [6, 6.07) is 15.7. The zero-order chi connectivity index (χ0) is 31.1. The van der Waals surface area contributed by atoms with E-state index < -0.39 is 23.4 Å². The zero-order valence-electron chi connectivity index (χ0n) is 23.8. The van der Waals surface area contributed by atoms with Crippen LogP contribution in [-0.4, -0.2) is 56.6 Å². The Balaban J connectivity index is 1.44. The Morgan fingerprint density at radius 1 is 1.07 bits per heavy atom. The third-order valence-corrected chi connectivity index (χ3v) is 6.73. The average molecular weight is 618 g/mol. The van der Waals surface area contributed by atoms with Crippen molar-refractivity contribution in [1.82, 2.24) is 25.0 Å². The summed E-state index contributed by atoms with van der Waals surface area (Å²) in [5.41, 5.74) is 0.632. The molecule has 0 saturated heterocycles. The van der Waals surface area contributed by atoms with E-state index in [0.29, 0.717) is 18.2 Å². The Hall–Kier alpha value is -5.41. The van der Waals surface area contributed by atoms with Gasteiger partial charge in [-0.15, -0.1) is 10.2 Å². The van der Waals surface area contributed by atoms with Crippen molar-refractivity contribution in [2.45, 2.75) is 26.6 Å². The quantitative estimate of drug-likeness (QED) is 0.208. The largest absolute Gasteiger partial charge is 0.494 e. The van der Waals surface area contributed by atoms with Gasteiger partial charge in [0.25, 0.3) is 5.91 Å². The molecule has 2 N–H and O–H groups in total. The third kappa shape index (κ3) is 7.14. The first-order chi connectivity index (χ1) is 21.3. The van der Waals surface area contributed by atoms with E-state index in [0.717, 1.165) is 16.9 Å². The Labute approximate surface area is 254 Å². The van der Waals surface area contributed by atoms with Gasteiger partial charge in [0, 0.05) is 25.3 Å². The van der Waals surface area contributed by atoms with Crippen LogP contribution in [-0.2, 0) is 16.1 Å². The maximum absolute atomic E-state index is 13.6. The van der Waals surface area contributed by atoms with Crippen LogP contribution in [0.1, 0.15) is 30.0 Å². The summed E-state index contributed by atoms with van der Waals surface area (Å²) in [5.74, 6) is -0.850. The van der Waals surface area contributed by atoms with Gasteiger partial charge < -0.3 is 23.9 Å². The molecule has 226 valence electrons. The predicted octanol–water partition coefficient (Wildman–Crippen LogP) is 3.94. The molecule has 5 aromatic rings. The monoisotopic (exact) mass is 617 g/mol. The van der Waals surface area contributed by atoms with Gasteiger partial charge >= 0.3 is 5.63 Å². The van der Waals surface area contributed by atoms with Gasteiger partial charge in [0.2, 0.25) is 21.9 Å². The summed E-state index contributed by atoms with van der Waals surface area (Å²) in [4.78, 5) is 42.2. The van der Waals surface area contributed by atoms with Crippen LogP contribution < -0.4 is 25.7 Å². The number of hydrogen-bond donors (Lipinski definition) is 2. The molecule has 0 saturated carbocycles. The van der Waals surface area contributed by atoms with Crippen molar-refractivity contribution in [3.05, 3.63) is 88.7 Å². The lowest BCUT2D eigenvalue weighted by Gasteiger charge is -2.19. The summed E-state index contributed by atoms with van der Waals surface area (Å²) in [5, 5.41) is 17.8. The van der Waals surface area contributed by atoms with E-state index in [1.165, 1.54) is 37.2 Å². The minimum Gasteiger partial charge on any atom is -0.494 e. The first-order valence-electron chi connectivity index (χ1n) is 13.2. The Morgan fingerprint density at radius 2 is 1.89 bits per heavy atom. The molecule has 0 radical (unpaired) electrons. The molecule has 0 aliphatic carbocycles. The Kier molecular flexibility index (Phi) is 9.37. The zero-order valence-corrected chi connectivity index (χ0v) is 24.7. The number of hydrogen-bond acceptors (Lipinski definition) is 12. The fourth-order valence-electron chi connectivity index (χ4n) is 4.07. The average Bonchev–Trinajstić information content (AvgIpc) is 3.67. The molecule has 0 bridgehead atoms. The van der Waals surface area contributed by atoms with E-state index in [1.807, 2.05) is 30.3 Å². The molecule has 5 rings (SSSR count). The molecular weight excluding hydrogens is 590 g/mol. The SMILES string of the molecule is COc1cccnc1-c1cc(=O)oc(C(=O)Nc2nnc(-n3nccc3NC(C)=O)s2)c1O[C@@H](C)COCc1ccccc1. The second-order valence-electron chi connectivity index (χ2n) is 9.27. The topological polar surface area (TPSA) is 173 Å². The van der Waals surface area contributed by atoms with Gasteiger partial charge in [0.15, 0.2) is 5.75 Å². The van der Waals surface area contributed by atoms with Gasteiger partial charge in [-0.05, 0) is 24.6 Å². The molecule has 1 aromatic carbocycles. The van der Waals surface area contributed by atoms with Crippen LogP contribution in [0.2, 0.25) is 0 Å². The lowest BCUT2D eigenvalue weighted by atomic mass is 10.1. The molecule has 0 spiro atoms. The molecule has 4 heterocycles. The summed E-state index contributed by atoms with van der Waals surface area (Å²) in [7, 11) is 1.46. The molecule has 0 fully saturated rings. The molecule has 14 nitrogen and oxygen atoms in total. The Morgan fingerprint density at radius 3 is 2.66 bits per heavy atom. The minimum absolute atomic E-state index is 0.0420.